The Morgan fingerprint density at radius 3 is 2.64 bits per heavy atom. The van der Waals surface area contributed by atoms with E-state index in [1.165, 1.54) is 23.6 Å². The van der Waals surface area contributed by atoms with Crippen molar-refractivity contribution in [3.63, 3.8) is 0 Å². The van der Waals surface area contributed by atoms with Crippen molar-refractivity contribution >= 4 is 21.9 Å². The third kappa shape index (κ3) is 4.02. The molecule has 28 heavy (non-hydrogen) atoms. The summed E-state index contributed by atoms with van der Waals surface area (Å²) in [4.78, 5) is 12.0. The molecule has 4 nitrogen and oxygen atoms in total. The summed E-state index contributed by atoms with van der Waals surface area (Å²) in [5.41, 5.74) is 4.73. The van der Waals surface area contributed by atoms with E-state index in [0.717, 1.165) is 22.9 Å². The molecule has 0 aromatic heterocycles. The molecule has 0 unspecified atom stereocenters. The van der Waals surface area contributed by atoms with Gasteiger partial charge in [0.15, 0.2) is 5.79 Å². The molecule has 1 saturated heterocycles. The predicted molar refractivity (Wildman–Crippen MR) is 110 cm³/mol. The Hall–Kier alpha value is -1.69. The van der Waals surface area contributed by atoms with Crippen LogP contribution in [0.15, 0.2) is 46.9 Å². The first-order valence-electron chi connectivity index (χ1n) is 9.67. The number of hydrogen-bond acceptors (Lipinski definition) is 4. The zero-order valence-corrected chi connectivity index (χ0v) is 18.0. The molecule has 1 fully saturated rings. The van der Waals surface area contributed by atoms with Gasteiger partial charge in [0.25, 0.3) is 0 Å². The van der Waals surface area contributed by atoms with Crippen molar-refractivity contribution in [1.29, 1.82) is 0 Å². The van der Waals surface area contributed by atoms with Gasteiger partial charge in [0.2, 0.25) is 0 Å². The van der Waals surface area contributed by atoms with Crippen molar-refractivity contribution in [2.24, 2.45) is 0 Å². The fourth-order valence-electron chi connectivity index (χ4n) is 4.37. The van der Waals surface area contributed by atoms with Gasteiger partial charge < -0.3 is 14.2 Å². The van der Waals surface area contributed by atoms with Gasteiger partial charge in [-0.1, -0.05) is 46.3 Å². The Morgan fingerprint density at radius 2 is 1.93 bits per heavy atom. The highest BCUT2D eigenvalue weighted by Crippen LogP contribution is 2.45. The molecule has 0 spiro atoms. The van der Waals surface area contributed by atoms with Crippen molar-refractivity contribution < 1.29 is 19.0 Å². The SMILES string of the molecule is CC(=O)O[C@H]1c2cc(Br)ccc2Cc2ccccc2[C@H]1C[C@@H]1COC(C)(C)O1. The van der Waals surface area contributed by atoms with Crippen LogP contribution in [0.3, 0.4) is 0 Å². The van der Waals surface area contributed by atoms with Crippen molar-refractivity contribution in [3.8, 4) is 0 Å². The molecule has 5 heteroatoms. The summed E-state index contributed by atoms with van der Waals surface area (Å²) in [7, 11) is 0. The van der Waals surface area contributed by atoms with E-state index in [1.807, 2.05) is 19.9 Å². The number of rotatable bonds is 3. The van der Waals surface area contributed by atoms with Gasteiger partial charge in [-0.3, -0.25) is 4.79 Å². The maximum absolute atomic E-state index is 12.0. The van der Waals surface area contributed by atoms with Crippen LogP contribution in [0.1, 0.15) is 61.5 Å². The van der Waals surface area contributed by atoms with Crippen LogP contribution < -0.4 is 0 Å². The largest absolute Gasteiger partial charge is 0.457 e. The molecule has 0 radical (unpaired) electrons. The van der Waals surface area contributed by atoms with Crippen molar-refractivity contribution in [2.75, 3.05) is 6.61 Å². The van der Waals surface area contributed by atoms with E-state index in [2.05, 4.69) is 52.3 Å². The normalized spacial score (nSPS) is 25.5. The van der Waals surface area contributed by atoms with Crippen LogP contribution in [-0.4, -0.2) is 24.5 Å². The first-order chi connectivity index (χ1) is 13.3. The molecule has 2 aromatic carbocycles. The minimum Gasteiger partial charge on any atom is -0.457 e. The van der Waals surface area contributed by atoms with Gasteiger partial charge in [0.1, 0.15) is 6.10 Å². The maximum atomic E-state index is 12.0. The highest BCUT2D eigenvalue weighted by Gasteiger charge is 2.39. The zero-order chi connectivity index (χ0) is 19.9. The zero-order valence-electron chi connectivity index (χ0n) is 16.4. The number of halogens is 1. The van der Waals surface area contributed by atoms with Gasteiger partial charge in [-0.05, 0) is 61.1 Å². The molecule has 0 N–H and O–H groups in total. The molecule has 1 heterocycles. The summed E-state index contributed by atoms with van der Waals surface area (Å²) in [6.07, 6.45) is 1.14. The van der Waals surface area contributed by atoms with E-state index in [1.54, 1.807) is 0 Å². The molecule has 1 aliphatic carbocycles. The number of esters is 1. The van der Waals surface area contributed by atoms with Crippen LogP contribution in [0.5, 0.6) is 0 Å². The second kappa shape index (κ2) is 7.62. The Labute approximate surface area is 174 Å². The summed E-state index contributed by atoms with van der Waals surface area (Å²) < 4.78 is 18.8. The lowest BCUT2D eigenvalue weighted by molar-refractivity contribution is -0.151. The van der Waals surface area contributed by atoms with Crippen LogP contribution >= 0.6 is 15.9 Å². The smallest absolute Gasteiger partial charge is 0.303 e. The minimum absolute atomic E-state index is 0.00171. The number of carbonyl (C=O) groups is 1. The van der Waals surface area contributed by atoms with Crippen molar-refractivity contribution in [2.45, 2.75) is 57.5 Å². The highest BCUT2D eigenvalue weighted by atomic mass is 79.9. The molecule has 4 rings (SSSR count). The second-order valence-corrected chi connectivity index (χ2v) is 8.96. The van der Waals surface area contributed by atoms with E-state index in [-0.39, 0.29) is 24.1 Å². The lowest BCUT2D eigenvalue weighted by Gasteiger charge is -2.29. The fraction of sp³-hybridized carbons (Fsp3) is 0.435. The van der Waals surface area contributed by atoms with Gasteiger partial charge >= 0.3 is 5.97 Å². The Kier molecular flexibility index (Phi) is 5.34. The Balaban J connectivity index is 1.80. The summed E-state index contributed by atoms with van der Waals surface area (Å²) in [6.45, 7) is 5.89. The topological polar surface area (TPSA) is 44.8 Å². The monoisotopic (exact) mass is 444 g/mol. The number of fused-ring (bicyclic) bond motifs is 2. The molecule has 148 valence electrons. The summed E-state index contributed by atoms with van der Waals surface area (Å²) in [5, 5.41) is 0. The first-order valence-corrected chi connectivity index (χ1v) is 10.5. The number of ether oxygens (including phenoxy) is 3. The van der Waals surface area contributed by atoms with E-state index in [9.17, 15) is 4.79 Å². The van der Waals surface area contributed by atoms with Gasteiger partial charge in [-0.15, -0.1) is 0 Å². The standard InChI is InChI=1S/C23H25BrO4/c1-14(25)27-22-20-11-17(24)9-8-16(20)10-15-6-4-5-7-19(15)21(22)12-18-13-26-23(2,3)28-18/h4-9,11,18,21-22H,10,12-13H2,1-3H3/t18-,21-,22+/m1/s1. The van der Waals surface area contributed by atoms with Crippen molar-refractivity contribution in [3.05, 3.63) is 69.2 Å². The fourth-order valence-corrected chi connectivity index (χ4v) is 4.75. The van der Waals surface area contributed by atoms with E-state index in [0.29, 0.717) is 6.61 Å². The first kappa shape index (κ1) is 19.6. The Bertz CT molecular complexity index is 892. The second-order valence-electron chi connectivity index (χ2n) is 8.04. The van der Waals surface area contributed by atoms with E-state index in [4.69, 9.17) is 14.2 Å². The lowest BCUT2D eigenvalue weighted by atomic mass is 9.84. The van der Waals surface area contributed by atoms with Crippen LogP contribution in [0, 0.1) is 0 Å². The van der Waals surface area contributed by atoms with Crippen LogP contribution in [0.25, 0.3) is 0 Å². The quantitative estimate of drug-likeness (QED) is 0.603. The van der Waals surface area contributed by atoms with E-state index >= 15 is 0 Å². The highest BCUT2D eigenvalue weighted by molar-refractivity contribution is 9.10. The summed E-state index contributed by atoms with van der Waals surface area (Å²) in [6, 6.07) is 14.7. The van der Waals surface area contributed by atoms with Gasteiger partial charge in [0, 0.05) is 17.3 Å². The van der Waals surface area contributed by atoms with E-state index < -0.39 is 5.79 Å². The molecular weight excluding hydrogens is 420 g/mol. The third-order valence-electron chi connectivity index (χ3n) is 5.49. The predicted octanol–water partition coefficient (Wildman–Crippen LogP) is 5.28. The molecule has 0 saturated carbocycles. The molecule has 3 atom stereocenters. The number of benzene rings is 2. The van der Waals surface area contributed by atoms with Crippen LogP contribution in [-0.2, 0) is 25.4 Å². The van der Waals surface area contributed by atoms with Gasteiger partial charge in [-0.25, -0.2) is 0 Å². The van der Waals surface area contributed by atoms with Gasteiger partial charge in [0.05, 0.1) is 12.7 Å². The molecular formula is C23H25BrO4. The average molecular weight is 445 g/mol. The van der Waals surface area contributed by atoms with Crippen LogP contribution in [0.4, 0.5) is 0 Å². The molecule has 2 aliphatic rings. The molecule has 2 aromatic rings. The average Bonchev–Trinajstić information content (AvgIpc) is 2.92. The summed E-state index contributed by atoms with van der Waals surface area (Å²) in [5.74, 6) is -0.852. The third-order valence-corrected chi connectivity index (χ3v) is 5.99. The molecule has 0 bridgehead atoms. The lowest BCUT2D eigenvalue weighted by Crippen LogP contribution is -2.25. The molecule has 1 aliphatic heterocycles. The Morgan fingerprint density at radius 1 is 1.18 bits per heavy atom. The minimum atomic E-state index is -0.577. The maximum Gasteiger partial charge on any atom is 0.303 e. The van der Waals surface area contributed by atoms with Gasteiger partial charge in [-0.2, -0.15) is 0 Å². The number of hydrogen-bond donors (Lipinski definition) is 0. The molecule has 0 amide bonds. The van der Waals surface area contributed by atoms with Crippen molar-refractivity contribution in [1.82, 2.24) is 0 Å². The summed E-state index contributed by atoms with van der Waals surface area (Å²) >= 11 is 3.58. The van der Waals surface area contributed by atoms with Crippen LogP contribution in [0.2, 0.25) is 0 Å². The number of carbonyl (C=O) groups excluding carboxylic acids is 1.